The first-order valence-electron chi connectivity index (χ1n) is 8.47. The summed E-state index contributed by atoms with van der Waals surface area (Å²) < 4.78 is 0. The molecule has 0 amide bonds. The molecule has 0 bridgehead atoms. The number of phenols is 1. The minimum Gasteiger partial charge on any atom is -0.508 e. The van der Waals surface area contributed by atoms with Crippen LogP contribution in [0, 0.1) is 11.3 Å². The molecule has 4 heteroatoms. The minimum absolute atomic E-state index is 0.109. The quantitative estimate of drug-likeness (QED) is 0.746. The number of benzene rings is 2. The fourth-order valence-electron chi connectivity index (χ4n) is 3.74. The third kappa shape index (κ3) is 3.14. The van der Waals surface area contributed by atoms with Crippen LogP contribution in [0.5, 0.6) is 5.75 Å². The average molecular weight is 323 g/mol. The second kappa shape index (κ2) is 6.27. The van der Waals surface area contributed by atoms with E-state index in [1.54, 1.807) is 6.07 Å². The molecule has 1 atom stereocenters. The summed E-state index contributed by atoms with van der Waals surface area (Å²) >= 11 is 0. The van der Waals surface area contributed by atoms with Gasteiger partial charge in [0.05, 0.1) is 6.04 Å². The predicted molar refractivity (Wildman–Crippen MR) is 97.0 cm³/mol. The van der Waals surface area contributed by atoms with Crippen LogP contribution in [0.15, 0.2) is 48.5 Å². The van der Waals surface area contributed by atoms with Crippen LogP contribution >= 0.6 is 0 Å². The van der Waals surface area contributed by atoms with Gasteiger partial charge in [-0.3, -0.25) is 0 Å². The molecule has 3 rings (SSSR count). The van der Waals surface area contributed by atoms with Gasteiger partial charge in [0.1, 0.15) is 16.8 Å². The molecule has 4 nitrogen and oxygen atoms in total. The zero-order chi connectivity index (χ0) is 17.3. The molecule has 126 valence electrons. The van der Waals surface area contributed by atoms with Gasteiger partial charge in [0.15, 0.2) is 0 Å². The lowest BCUT2D eigenvalue weighted by Gasteiger charge is -2.36. The number of aromatic nitrogens is 3. The van der Waals surface area contributed by atoms with E-state index in [1.165, 1.54) is 0 Å². The lowest BCUT2D eigenvalue weighted by Crippen LogP contribution is -2.34. The van der Waals surface area contributed by atoms with Gasteiger partial charge in [0.2, 0.25) is 0 Å². The molecule has 1 aromatic heterocycles. The Kier molecular flexibility index (Phi) is 4.31. The van der Waals surface area contributed by atoms with Gasteiger partial charge in [-0.25, -0.2) is 0 Å². The Hall–Kier alpha value is -2.36. The molecule has 2 aromatic carbocycles. The Bertz CT molecular complexity index is 803. The highest BCUT2D eigenvalue weighted by atomic mass is 16.3. The van der Waals surface area contributed by atoms with Crippen LogP contribution in [-0.4, -0.2) is 20.1 Å². The number of fused-ring (bicyclic) bond motifs is 1. The van der Waals surface area contributed by atoms with Crippen molar-refractivity contribution in [2.45, 2.75) is 40.2 Å². The summed E-state index contributed by atoms with van der Waals surface area (Å²) in [6.07, 6.45) is 0.764. The molecule has 0 fully saturated rings. The normalized spacial score (nSPS) is 13.5. The first kappa shape index (κ1) is 16.5. The van der Waals surface area contributed by atoms with Gasteiger partial charge in [-0.05, 0) is 41.5 Å². The van der Waals surface area contributed by atoms with Crippen molar-refractivity contribution < 1.29 is 5.11 Å². The number of rotatable bonds is 5. The van der Waals surface area contributed by atoms with E-state index < -0.39 is 0 Å². The maximum Gasteiger partial charge on any atom is 0.118 e. The molecule has 3 aromatic rings. The molecule has 0 spiro atoms. The van der Waals surface area contributed by atoms with Crippen LogP contribution in [0.3, 0.4) is 0 Å². The molecule has 0 aliphatic carbocycles. The van der Waals surface area contributed by atoms with E-state index in [9.17, 15) is 5.11 Å². The van der Waals surface area contributed by atoms with Gasteiger partial charge in [-0.15, -0.1) is 0 Å². The summed E-state index contributed by atoms with van der Waals surface area (Å²) in [4.78, 5) is 1.87. The standard InChI is InChI=1S/C20H25N3O/c1-14(2)19(23-21-16-10-6-7-11-17(16)22-23)20(3,4)13-15-9-5-8-12-18(15)24/h5-12,14,19,24H,13H2,1-4H3. The Balaban J connectivity index is 1.98. The van der Waals surface area contributed by atoms with Crippen molar-refractivity contribution in [1.82, 2.24) is 15.0 Å². The lowest BCUT2D eigenvalue weighted by atomic mass is 9.74. The topological polar surface area (TPSA) is 50.9 Å². The molecular formula is C20H25N3O. The van der Waals surface area contributed by atoms with Gasteiger partial charge in [-0.1, -0.05) is 58.0 Å². The zero-order valence-electron chi connectivity index (χ0n) is 14.8. The van der Waals surface area contributed by atoms with E-state index >= 15 is 0 Å². The van der Waals surface area contributed by atoms with Crippen molar-refractivity contribution in [3.8, 4) is 5.75 Å². The van der Waals surface area contributed by atoms with E-state index in [1.807, 2.05) is 47.3 Å². The maximum atomic E-state index is 10.1. The molecule has 0 aliphatic rings. The number of phenolic OH excluding ortho intramolecular Hbond substituents is 1. The van der Waals surface area contributed by atoms with Crippen molar-refractivity contribution in [2.75, 3.05) is 0 Å². The van der Waals surface area contributed by atoms with Crippen LogP contribution in [0.1, 0.15) is 39.3 Å². The van der Waals surface area contributed by atoms with Crippen LogP contribution in [0.2, 0.25) is 0 Å². The average Bonchev–Trinajstić information content (AvgIpc) is 2.91. The Morgan fingerprint density at radius 2 is 1.50 bits per heavy atom. The highest BCUT2D eigenvalue weighted by molar-refractivity contribution is 5.73. The third-order valence-electron chi connectivity index (χ3n) is 4.62. The SMILES string of the molecule is CC(C)C(n1nc2ccccc2n1)C(C)(C)Cc1ccccc1O. The first-order valence-corrected chi connectivity index (χ1v) is 8.47. The molecule has 24 heavy (non-hydrogen) atoms. The Labute approximate surface area is 143 Å². The summed E-state index contributed by atoms with van der Waals surface area (Å²) in [6.45, 7) is 8.84. The van der Waals surface area contributed by atoms with Gasteiger partial charge in [0, 0.05) is 0 Å². The summed E-state index contributed by atoms with van der Waals surface area (Å²) in [6, 6.07) is 15.6. The highest BCUT2D eigenvalue weighted by Gasteiger charge is 2.35. The van der Waals surface area contributed by atoms with Gasteiger partial charge >= 0.3 is 0 Å². The second-order valence-corrected chi connectivity index (χ2v) is 7.49. The Morgan fingerprint density at radius 3 is 2.04 bits per heavy atom. The summed E-state index contributed by atoms with van der Waals surface area (Å²) in [5, 5.41) is 19.6. The molecule has 0 saturated heterocycles. The molecule has 1 heterocycles. The number of hydrogen-bond donors (Lipinski definition) is 1. The van der Waals surface area contributed by atoms with Crippen molar-refractivity contribution in [3.05, 3.63) is 54.1 Å². The fraction of sp³-hybridized carbons (Fsp3) is 0.400. The highest BCUT2D eigenvalue weighted by Crippen LogP contribution is 2.40. The fourth-order valence-corrected chi connectivity index (χ4v) is 3.74. The minimum atomic E-state index is -0.109. The van der Waals surface area contributed by atoms with E-state index in [0.717, 1.165) is 23.0 Å². The van der Waals surface area contributed by atoms with Gasteiger partial charge in [0.25, 0.3) is 0 Å². The molecule has 0 aliphatic heterocycles. The monoisotopic (exact) mass is 323 g/mol. The van der Waals surface area contributed by atoms with E-state index in [0.29, 0.717) is 11.7 Å². The number of para-hydroxylation sites is 1. The second-order valence-electron chi connectivity index (χ2n) is 7.49. The van der Waals surface area contributed by atoms with Crippen molar-refractivity contribution in [3.63, 3.8) is 0 Å². The van der Waals surface area contributed by atoms with E-state index in [2.05, 4.69) is 27.7 Å². The lowest BCUT2D eigenvalue weighted by molar-refractivity contribution is 0.132. The molecule has 0 saturated carbocycles. The van der Waals surface area contributed by atoms with Crippen LogP contribution in [0.25, 0.3) is 11.0 Å². The maximum absolute atomic E-state index is 10.1. The summed E-state index contributed by atoms with van der Waals surface area (Å²) in [5.41, 5.74) is 2.69. The Morgan fingerprint density at radius 1 is 0.958 bits per heavy atom. The summed E-state index contributed by atoms with van der Waals surface area (Å²) in [5.74, 6) is 0.722. The van der Waals surface area contributed by atoms with E-state index in [-0.39, 0.29) is 11.5 Å². The van der Waals surface area contributed by atoms with Gasteiger partial charge < -0.3 is 5.11 Å². The number of nitrogens with zero attached hydrogens (tertiary/aromatic N) is 3. The van der Waals surface area contributed by atoms with Crippen LogP contribution < -0.4 is 0 Å². The number of hydrogen-bond acceptors (Lipinski definition) is 3. The van der Waals surface area contributed by atoms with Crippen molar-refractivity contribution >= 4 is 11.0 Å². The molecule has 1 N–H and O–H groups in total. The van der Waals surface area contributed by atoms with Gasteiger partial charge in [-0.2, -0.15) is 15.0 Å². The van der Waals surface area contributed by atoms with Crippen molar-refractivity contribution in [1.29, 1.82) is 0 Å². The molecular weight excluding hydrogens is 298 g/mol. The smallest absolute Gasteiger partial charge is 0.118 e. The van der Waals surface area contributed by atoms with Crippen LogP contribution in [0.4, 0.5) is 0 Å². The van der Waals surface area contributed by atoms with Crippen LogP contribution in [-0.2, 0) is 6.42 Å². The number of aromatic hydroxyl groups is 1. The molecule has 1 unspecified atom stereocenters. The van der Waals surface area contributed by atoms with Crippen molar-refractivity contribution in [2.24, 2.45) is 11.3 Å². The summed E-state index contributed by atoms with van der Waals surface area (Å²) in [7, 11) is 0. The third-order valence-corrected chi connectivity index (χ3v) is 4.62. The first-order chi connectivity index (χ1) is 11.4. The molecule has 0 radical (unpaired) electrons. The predicted octanol–water partition coefficient (Wildman–Crippen LogP) is 4.60. The van der Waals surface area contributed by atoms with E-state index in [4.69, 9.17) is 10.2 Å². The zero-order valence-corrected chi connectivity index (χ0v) is 14.8. The largest absolute Gasteiger partial charge is 0.508 e.